The first-order chi connectivity index (χ1) is 9.39. The Balaban J connectivity index is 1.82. The molecule has 1 saturated carbocycles. The van der Waals surface area contributed by atoms with Gasteiger partial charge in [0.2, 0.25) is 0 Å². The normalized spacial score (nSPS) is 19.8. The summed E-state index contributed by atoms with van der Waals surface area (Å²) in [5, 5.41) is 18.4. The highest BCUT2D eigenvalue weighted by atomic mass is 16.3. The smallest absolute Gasteiger partial charge is 0.0771 e. The minimum atomic E-state index is -0.503. The van der Waals surface area contributed by atoms with E-state index in [4.69, 9.17) is 0 Å². The van der Waals surface area contributed by atoms with Gasteiger partial charge < -0.3 is 10.4 Å². The van der Waals surface area contributed by atoms with Crippen molar-refractivity contribution in [2.75, 3.05) is 6.54 Å². The van der Waals surface area contributed by atoms with Gasteiger partial charge in [-0.05, 0) is 33.6 Å². The third kappa shape index (κ3) is 4.32. The molecule has 0 bridgehead atoms. The van der Waals surface area contributed by atoms with Crippen LogP contribution in [-0.2, 0) is 12.1 Å². The molecule has 0 atom stereocenters. The zero-order valence-corrected chi connectivity index (χ0v) is 13.2. The highest BCUT2D eigenvalue weighted by molar-refractivity contribution is 5.05. The van der Waals surface area contributed by atoms with Crippen molar-refractivity contribution in [3.05, 3.63) is 18.0 Å². The topological polar surface area (TPSA) is 50.1 Å². The molecule has 0 unspecified atom stereocenters. The van der Waals surface area contributed by atoms with Crippen LogP contribution >= 0.6 is 0 Å². The van der Waals surface area contributed by atoms with Crippen molar-refractivity contribution >= 4 is 0 Å². The lowest BCUT2D eigenvalue weighted by Crippen LogP contribution is -2.39. The summed E-state index contributed by atoms with van der Waals surface area (Å²) in [6, 6.07) is 0. The van der Waals surface area contributed by atoms with Gasteiger partial charge in [0.15, 0.2) is 0 Å². The van der Waals surface area contributed by atoms with Gasteiger partial charge in [0, 0.05) is 24.8 Å². The van der Waals surface area contributed by atoms with Gasteiger partial charge in [0.05, 0.1) is 17.3 Å². The number of aliphatic hydroxyl groups is 1. The highest BCUT2D eigenvalue weighted by Crippen LogP contribution is 2.26. The first kappa shape index (κ1) is 15.5. The van der Waals surface area contributed by atoms with Crippen molar-refractivity contribution in [3.8, 4) is 0 Å². The van der Waals surface area contributed by atoms with E-state index < -0.39 is 5.60 Å². The summed E-state index contributed by atoms with van der Waals surface area (Å²) in [6.45, 7) is 7.90. The Morgan fingerprint density at radius 2 is 1.90 bits per heavy atom. The Hall–Kier alpha value is -0.870. The van der Waals surface area contributed by atoms with Crippen molar-refractivity contribution in [2.24, 2.45) is 0 Å². The molecule has 4 heteroatoms. The summed E-state index contributed by atoms with van der Waals surface area (Å²) in [6.07, 6.45) is 10.7. The Labute approximate surface area is 122 Å². The molecule has 0 saturated heterocycles. The average Bonchev–Trinajstić information content (AvgIpc) is 2.73. The van der Waals surface area contributed by atoms with Crippen molar-refractivity contribution in [1.82, 2.24) is 15.1 Å². The summed E-state index contributed by atoms with van der Waals surface area (Å²) in [5.41, 5.74) is 0.700. The van der Waals surface area contributed by atoms with Gasteiger partial charge in [0.25, 0.3) is 0 Å². The minimum Gasteiger partial charge on any atom is -0.389 e. The van der Waals surface area contributed by atoms with E-state index in [2.05, 4.69) is 37.4 Å². The lowest BCUT2D eigenvalue weighted by Gasteiger charge is -2.26. The molecule has 0 radical (unpaired) electrons. The summed E-state index contributed by atoms with van der Waals surface area (Å²) < 4.78 is 1.99. The quantitative estimate of drug-likeness (QED) is 0.833. The maximum Gasteiger partial charge on any atom is 0.0771 e. The summed E-state index contributed by atoms with van der Waals surface area (Å²) >= 11 is 0. The molecule has 0 amide bonds. The lowest BCUT2D eigenvalue weighted by atomic mass is 9.94. The second kappa shape index (κ2) is 6.27. The van der Waals surface area contributed by atoms with Gasteiger partial charge in [-0.25, -0.2) is 0 Å². The van der Waals surface area contributed by atoms with E-state index in [1.165, 1.54) is 18.4 Å². The second-order valence-electron chi connectivity index (χ2n) is 7.21. The van der Waals surface area contributed by atoms with Gasteiger partial charge in [0.1, 0.15) is 0 Å². The number of aromatic nitrogens is 2. The number of hydrogen-bond acceptors (Lipinski definition) is 3. The van der Waals surface area contributed by atoms with Crippen molar-refractivity contribution < 1.29 is 5.11 Å². The molecule has 0 aromatic carbocycles. The molecule has 2 rings (SSSR count). The fourth-order valence-corrected chi connectivity index (χ4v) is 2.82. The van der Waals surface area contributed by atoms with Crippen molar-refractivity contribution in [2.45, 2.75) is 77.0 Å². The zero-order valence-electron chi connectivity index (χ0n) is 13.2. The van der Waals surface area contributed by atoms with Gasteiger partial charge >= 0.3 is 0 Å². The molecule has 1 aliphatic carbocycles. The summed E-state index contributed by atoms with van der Waals surface area (Å²) in [4.78, 5) is 0. The molecule has 20 heavy (non-hydrogen) atoms. The van der Waals surface area contributed by atoms with Gasteiger partial charge in [-0.1, -0.05) is 25.7 Å². The van der Waals surface area contributed by atoms with Gasteiger partial charge in [-0.2, -0.15) is 5.10 Å². The molecule has 4 nitrogen and oxygen atoms in total. The molecular weight excluding hydrogens is 250 g/mol. The Morgan fingerprint density at radius 1 is 1.25 bits per heavy atom. The van der Waals surface area contributed by atoms with Crippen LogP contribution in [0.2, 0.25) is 0 Å². The number of hydrogen-bond donors (Lipinski definition) is 2. The highest BCUT2D eigenvalue weighted by Gasteiger charge is 2.27. The van der Waals surface area contributed by atoms with E-state index >= 15 is 0 Å². The van der Waals surface area contributed by atoms with Crippen molar-refractivity contribution in [1.29, 1.82) is 0 Å². The monoisotopic (exact) mass is 279 g/mol. The Morgan fingerprint density at radius 3 is 2.45 bits per heavy atom. The van der Waals surface area contributed by atoms with E-state index in [0.717, 1.165) is 32.2 Å². The molecule has 0 aliphatic heterocycles. The van der Waals surface area contributed by atoms with E-state index in [9.17, 15) is 5.11 Å². The summed E-state index contributed by atoms with van der Waals surface area (Å²) in [7, 11) is 0. The van der Waals surface area contributed by atoms with Gasteiger partial charge in [-0.3, -0.25) is 4.68 Å². The van der Waals surface area contributed by atoms with E-state index in [1.54, 1.807) is 0 Å². The number of nitrogens with zero attached hydrogens (tertiary/aromatic N) is 2. The van der Waals surface area contributed by atoms with E-state index in [1.807, 2.05) is 10.9 Å². The SMILES string of the molecule is CC(C)(C)n1cc(CNCC2(O)CCCCCC2)cn1. The van der Waals surface area contributed by atoms with Crippen LogP contribution < -0.4 is 5.32 Å². The maximum atomic E-state index is 10.6. The number of rotatable bonds is 4. The third-order valence-corrected chi connectivity index (χ3v) is 4.14. The number of nitrogens with one attached hydrogen (secondary N) is 1. The maximum absolute atomic E-state index is 10.6. The molecule has 2 N–H and O–H groups in total. The standard InChI is InChI=1S/C16H29N3O/c1-15(2,3)19-12-14(11-18-19)10-17-13-16(20)8-6-4-5-7-9-16/h11-12,17,20H,4-10,13H2,1-3H3. The molecule has 1 aliphatic rings. The van der Waals surface area contributed by atoms with Crippen LogP contribution in [0.5, 0.6) is 0 Å². The predicted molar refractivity (Wildman–Crippen MR) is 81.6 cm³/mol. The predicted octanol–water partition coefficient (Wildman–Crippen LogP) is 2.81. The fourth-order valence-electron chi connectivity index (χ4n) is 2.82. The van der Waals surface area contributed by atoms with Crippen molar-refractivity contribution in [3.63, 3.8) is 0 Å². The minimum absolute atomic E-state index is 0.0255. The molecule has 0 spiro atoms. The molecule has 1 fully saturated rings. The molecular formula is C16H29N3O. The summed E-state index contributed by atoms with van der Waals surface area (Å²) in [5.74, 6) is 0. The first-order valence-electron chi connectivity index (χ1n) is 7.86. The largest absolute Gasteiger partial charge is 0.389 e. The molecule has 1 aromatic heterocycles. The van der Waals surface area contributed by atoms with Gasteiger partial charge in [-0.15, -0.1) is 0 Å². The van der Waals surface area contributed by atoms with Crippen LogP contribution in [0.4, 0.5) is 0 Å². The third-order valence-electron chi connectivity index (χ3n) is 4.14. The second-order valence-corrected chi connectivity index (χ2v) is 7.21. The first-order valence-corrected chi connectivity index (χ1v) is 7.86. The van der Waals surface area contributed by atoms with E-state index in [-0.39, 0.29) is 5.54 Å². The Kier molecular flexibility index (Phi) is 4.86. The van der Waals surface area contributed by atoms with Crippen LogP contribution in [0, 0.1) is 0 Å². The molecule has 1 heterocycles. The van der Waals surface area contributed by atoms with E-state index in [0.29, 0.717) is 6.54 Å². The zero-order chi connectivity index (χ0) is 14.6. The van der Waals surface area contributed by atoms with Crippen LogP contribution in [0.3, 0.4) is 0 Å². The Bertz CT molecular complexity index is 412. The van der Waals surface area contributed by atoms with Crippen LogP contribution in [0.25, 0.3) is 0 Å². The molecule has 114 valence electrons. The average molecular weight is 279 g/mol. The van der Waals surface area contributed by atoms with Crippen LogP contribution in [0.1, 0.15) is 64.9 Å². The molecule has 1 aromatic rings. The fraction of sp³-hybridized carbons (Fsp3) is 0.812. The van der Waals surface area contributed by atoms with Crippen LogP contribution in [-0.4, -0.2) is 27.0 Å². The lowest BCUT2D eigenvalue weighted by molar-refractivity contribution is 0.0250. The van der Waals surface area contributed by atoms with Crippen LogP contribution in [0.15, 0.2) is 12.4 Å².